The van der Waals surface area contributed by atoms with Crippen LogP contribution in [-0.2, 0) is 0 Å². The number of rotatable bonds is 5. The van der Waals surface area contributed by atoms with Gasteiger partial charge >= 0.3 is 0 Å². The summed E-state index contributed by atoms with van der Waals surface area (Å²) in [6.45, 7) is 0. The molecule has 0 saturated carbocycles. The lowest BCUT2D eigenvalue weighted by Gasteiger charge is -2.11. The van der Waals surface area contributed by atoms with Crippen LogP contribution in [0.5, 0.6) is 11.5 Å². The van der Waals surface area contributed by atoms with Gasteiger partial charge in [0.15, 0.2) is 11.5 Å². The van der Waals surface area contributed by atoms with Gasteiger partial charge in [0, 0.05) is 17.3 Å². The zero-order chi connectivity index (χ0) is 17.6. The van der Waals surface area contributed by atoms with Crippen molar-refractivity contribution in [3.8, 4) is 28.8 Å². The molecule has 6 nitrogen and oxygen atoms in total. The summed E-state index contributed by atoms with van der Waals surface area (Å²) < 4.78 is 10.5. The van der Waals surface area contributed by atoms with Crippen LogP contribution in [0.4, 0.5) is 11.6 Å². The van der Waals surface area contributed by atoms with Gasteiger partial charge in [-0.2, -0.15) is 5.26 Å². The summed E-state index contributed by atoms with van der Waals surface area (Å²) in [6, 6.07) is 17.1. The summed E-state index contributed by atoms with van der Waals surface area (Å²) in [4.78, 5) is 8.70. The van der Waals surface area contributed by atoms with Crippen LogP contribution in [0, 0.1) is 11.3 Å². The molecule has 0 aliphatic carbocycles. The fraction of sp³-hybridized carbons (Fsp3) is 0.105. The number of nitrogens with zero attached hydrogens (tertiary/aromatic N) is 3. The summed E-state index contributed by atoms with van der Waals surface area (Å²) in [5.74, 6) is 1.63. The molecule has 0 unspecified atom stereocenters. The minimum absolute atomic E-state index is 0.394. The molecule has 3 aromatic rings. The van der Waals surface area contributed by atoms with E-state index in [0.717, 1.165) is 11.3 Å². The number of hydrogen-bond donors (Lipinski definition) is 1. The summed E-state index contributed by atoms with van der Waals surface area (Å²) in [6.07, 6.45) is 1.51. The Hall–Kier alpha value is -3.59. The highest BCUT2D eigenvalue weighted by molar-refractivity contribution is 5.68. The third-order valence-electron chi connectivity index (χ3n) is 3.60. The minimum atomic E-state index is 0.394. The lowest BCUT2D eigenvalue weighted by atomic mass is 10.1. The molecule has 0 atom stereocenters. The van der Waals surface area contributed by atoms with Crippen molar-refractivity contribution in [2.24, 2.45) is 0 Å². The lowest BCUT2D eigenvalue weighted by molar-refractivity contribution is 0.355. The molecule has 1 heterocycles. The molecule has 0 saturated heterocycles. The Morgan fingerprint density at radius 2 is 1.76 bits per heavy atom. The quantitative estimate of drug-likeness (QED) is 0.766. The Bertz CT molecular complexity index is 920. The van der Waals surface area contributed by atoms with Crippen LogP contribution in [0.15, 0.2) is 54.7 Å². The molecule has 0 bridgehead atoms. The zero-order valence-electron chi connectivity index (χ0n) is 13.9. The molecule has 0 fully saturated rings. The second kappa shape index (κ2) is 7.32. The van der Waals surface area contributed by atoms with Gasteiger partial charge in [0.05, 0.1) is 31.7 Å². The van der Waals surface area contributed by atoms with Crippen molar-refractivity contribution in [3.05, 3.63) is 60.3 Å². The normalized spacial score (nSPS) is 9.96. The monoisotopic (exact) mass is 332 g/mol. The van der Waals surface area contributed by atoms with E-state index in [9.17, 15) is 5.26 Å². The Kier molecular flexibility index (Phi) is 4.77. The van der Waals surface area contributed by atoms with Gasteiger partial charge in [-0.1, -0.05) is 30.3 Å². The van der Waals surface area contributed by atoms with Crippen molar-refractivity contribution in [2.75, 3.05) is 19.5 Å². The van der Waals surface area contributed by atoms with E-state index < -0.39 is 0 Å². The fourth-order valence-electron chi connectivity index (χ4n) is 2.38. The average molecular weight is 332 g/mol. The molecule has 124 valence electrons. The highest BCUT2D eigenvalue weighted by Crippen LogP contribution is 2.31. The number of hydrogen-bond acceptors (Lipinski definition) is 6. The maximum absolute atomic E-state index is 9.31. The molecule has 2 aromatic carbocycles. The predicted octanol–water partition coefficient (Wildman–Crippen LogP) is 3.78. The number of anilines is 2. The van der Waals surface area contributed by atoms with E-state index in [4.69, 9.17) is 9.47 Å². The second-order valence-electron chi connectivity index (χ2n) is 5.13. The topological polar surface area (TPSA) is 80.1 Å². The van der Waals surface area contributed by atoms with Crippen molar-refractivity contribution < 1.29 is 9.47 Å². The van der Waals surface area contributed by atoms with E-state index in [0.29, 0.717) is 28.7 Å². The van der Waals surface area contributed by atoms with Crippen molar-refractivity contribution in [3.63, 3.8) is 0 Å². The summed E-state index contributed by atoms with van der Waals surface area (Å²) in [5.41, 5.74) is 2.61. The van der Waals surface area contributed by atoms with E-state index >= 15 is 0 Å². The molecule has 0 amide bonds. The number of nitrogens with one attached hydrogen (secondary N) is 1. The second-order valence-corrected chi connectivity index (χ2v) is 5.13. The van der Waals surface area contributed by atoms with Crippen molar-refractivity contribution in [1.82, 2.24) is 9.97 Å². The van der Waals surface area contributed by atoms with Crippen LogP contribution in [0.3, 0.4) is 0 Å². The molecule has 0 radical (unpaired) electrons. The first kappa shape index (κ1) is 16.3. The summed E-state index contributed by atoms with van der Waals surface area (Å²) in [7, 11) is 3.16. The number of ether oxygens (including phenoxy) is 2. The lowest BCUT2D eigenvalue weighted by Crippen LogP contribution is -2.01. The van der Waals surface area contributed by atoms with Gasteiger partial charge in [0.25, 0.3) is 0 Å². The van der Waals surface area contributed by atoms with Crippen molar-refractivity contribution >= 4 is 11.6 Å². The third kappa shape index (κ3) is 3.51. The Labute approximate surface area is 145 Å². The molecule has 6 heteroatoms. The molecule has 0 spiro atoms. The van der Waals surface area contributed by atoms with Gasteiger partial charge in [-0.05, 0) is 12.1 Å². The van der Waals surface area contributed by atoms with Gasteiger partial charge in [-0.3, -0.25) is 0 Å². The van der Waals surface area contributed by atoms with Gasteiger partial charge < -0.3 is 14.8 Å². The van der Waals surface area contributed by atoms with E-state index in [-0.39, 0.29) is 0 Å². The van der Waals surface area contributed by atoms with Crippen LogP contribution in [0.1, 0.15) is 5.56 Å². The molecule has 0 aliphatic heterocycles. The van der Waals surface area contributed by atoms with E-state index in [1.54, 1.807) is 26.4 Å². The van der Waals surface area contributed by atoms with Gasteiger partial charge in [0.1, 0.15) is 6.07 Å². The molecular formula is C19H16N4O2. The first-order valence-electron chi connectivity index (χ1n) is 7.56. The summed E-state index contributed by atoms with van der Waals surface area (Å²) >= 11 is 0. The maximum Gasteiger partial charge on any atom is 0.227 e. The number of methoxy groups -OCH3 is 2. The first-order valence-corrected chi connectivity index (χ1v) is 7.56. The van der Waals surface area contributed by atoms with Gasteiger partial charge in [0.2, 0.25) is 5.95 Å². The Morgan fingerprint density at radius 1 is 1.00 bits per heavy atom. The highest BCUT2D eigenvalue weighted by Gasteiger charge is 2.10. The smallest absolute Gasteiger partial charge is 0.227 e. The van der Waals surface area contributed by atoms with E-state index in [1.165, 1.54) is 6.20 Å². The zero-order valence-corrected chi connectivity index (χ0v) is 13.9. The molecular weight excluding hydrogens is 316 g/mol. The van der Waals surface area contributed by atoms with Crippen molar-refractivity contribution in [1.29, 1.82) is 5.26 Å². The van der Waals surface area contributed by atoms with Crippen molar-refractivity contribution in [2.45, 2.75) is 0 Å². The number of benzene rings is 2. The van der Waals surface area contributed by atoms with E-state index in [2.05, 4.69) is 21.4 Å². The highest BCUT2D eigenvalue weighted by atomic mass is 16.5. The molecule has 1 N–H and O–H groups in total. The number of nitriles is 1. The molecule has 25 heavy (non-hydrogen) atoms. The van der Waals surface area contributed by atoms with E-state index in [1.807, 2.05) is 36.4 Å². The SMILES string of the molecule is COc1ccc(Nc2ncc(C#N)c(-c3ccccc3)n2)cc1OC. The van der Waals surface area contributed by atoms with Gasteiger partial charge in [-0.15, -0.1) is 0 Å². The molecule has 0 aliphatic rings. The largest absolute Gasteiger partial charge is 0.493 e. The first-order chi connectivity index (χ1) is 12.2. The van der Waals surface area contributed by atoms with Crippen LogP contribution in [0.25, 0.3) is 11.3 Å². The maximum atomic E-state index is 9.31. The third-order valence-corrected chi connectivity index (χ3v) is 3.60. The Balaban J connectivity index is 1.95. The van der Waals surface area contributed by atoms with Crippen LogP contribution >= 0.6 is 0 Å². The molecule has 1 aromatic heterocycles. The average Bonchev–Trinajstić information content (AvgIpc) is 2.68. The minimum Gasteiger partial charge on any atom is -0.493 e. The number of aromatic nitrogens is 2. The van der Waals surface area contributed by atoms with Gasteiger partial charge in [-0.25, -0.2) is 9.97 Å². The summed E-state index contributed by atoms with van der Waals surface area (Å²) in [5, 5.41) is 12.4. The van der Waals surface area contributed by atoms with Crippen LogP contribution in [-0.4, -0.2) is 24.2 Å². The molecule has 3 rings (SSSR count). The van der Waals surface area contributed by atoms with Crippen LogP contribution in [0.2, 0.25) is 0 Å². The predicted molar refractivity (Wildman–Crippen MR) is 95.0 cm³/mol. The van der Waals surface area contributed by atoms with Crippen LogP contribution < -0.4 is 14.8 Å². The standard InChI is InChI=1S/C19H16N4O2/c1-24-16-9-8-15(10-17(16)25-2)22-19-21-12-14(11-20)18(23-19)13-6-4-3-5-7-13/h3-10,12H,1-2H3,(H,21,22,23). The Morgan fingerprint density at radius 3 is 2.44 bits per heavy atom. The fourth-order valence-corrected chi connectivity index (χ4v) is 2.38.